The summed E-state index contributed by atoms with van der Waals surface area (Å²) in [5.74, 6) is 0.186. The van der Waals surface area contributed by atoms with E-state index in [1.165, 1.54) is 12.5 Å². The number of hydrogen-bond acceptors (Lipinski definition) is 2. The molecule has 2 rings (SSSR count). The van der Waals surface area contributed by atoms with Gasteiger partial charge in [0.2, 0.25) is 0 Å². The third-order valence-electron chi connectivity index (χ3n) is 3.83. The van der Waals surface area contributed by atoms with E-state index >= 15 is 0 Å². The van der Waals surface area contributed by atoms with Crippen molar-refractivity contribution in [2.75, 3.05) is 6.54 Å². The van der Waals surface area contributed by atoms with E-state index in [4.69, 9.17) is 11.6 Å². The molecule has 1 saturated carbocycles. The Labute approximate surface area is 119 Å². The topological polar surface area (TPSA) is 32.3 Å². The molecule has 1 aromatic carbocycles. The molecule has 1 aliphatic carbocycles. The molecule has 0 heterocycles. The lowest BCUT2D eigenvalue weighted by molar-refractivity contribution is -0.0119. The highest BCUT2D eigenvalue weighted by molar-refractivity contribution is 6.30. The third kappa shape index (κ3) is 4.16. The van der Waals surface area contributed by atoms with Crippen LogP contribution in [0.2, 0.25) is 5.02 Å². The zero-order chi connectivity index (χ0) is 13.9. The monoisotopic (exact) mass is 285 g/mol. The summed E-state index contributed by atoms with van der Waals surface area (Å²) in [5.41, 5.74) is 0.334. The summed E-state index contributed by atoms with van der Waals surface area (Å²) < 4.78 is 13.0. The molecule has 1 fully saturated rings. The van der Waals surface area contributed by atoms with Crippen molar-refractivity contribution in [3.8, 4) is 0 Å². The molecule has 1 aromatic rings. The molecule has 0 saturated heterocycles. The molecule has 0 spiro atoms. The van der Waals surface area contributed by atoms with Crippen LogP contribution in [-0.4, -0.2) is 17.3 Å². The minimum atomic E-state index is -0.596. The average Bonchev–Trinajstić information content (AvgIpc) is 2.33. The van der Waals surface area contributed by atoms with Gasteiger partial charge < -0.3 is 10.4 Å². The van der Waals surface area contributed by atoms with Gasteiger partial charge in [0.05, 0.1) is 10.6 Å². The van der Waals surface area contributed by atoms with Crippen molar-refractivity contribution >= 4 is 11.6 Å². The van der Waals surface area contributed by atoms with Crippen LogP contribution in [0.4, 0.5) is 4.39 Å². The van der Waals surface area contributed by atoms with E-state index in [0.717, 1.165) is 24.8 Å². The molecule has 0 bridgehead atoms. The highest BCUT2D eigenvalue weighted by atomic mass is 35.5. The number of halogens is 2. The van der Waals surface area contributed by atoms with E-state index < -0.39 is 11.4 Å². The summed E-state index contributed by atoms with van der Waals surface area (Å²) in [7, 11) is 0. The van der Waals surface area contributed by atoms with Crippen molar-refractivity contribution < 1.29 is 9.50 Å². The van der Waals surface area contributed by atoms with Gasteiger partial charge in [0, 0.05) is 13.1 Å². The van der Waals surface area contributed by atoms with Crippen molar-refractivity contribution in [2.45, 2.75) is 44.8 Å². The number of benzene rings is 1. The van der Waals surface area contributed by atoms with Crippen LogP contribution in [0.1, 0.15) is 38.2 Å². The van der Waals surface area contributed by atoms with Gasteiger partial charge >= 0.3 is 0 Å². The molecule has 19 heavy (non-hydrogen) atoms. The second-order valence-corrected chi connectivity index (χ2v) is 6.19. The first-order valence-corrected chi connectivity index (χ1v) is 7.23. The molecule has 0 aromatic heterocycles. The molecule has 2 atom stereocenters. The van der Waals surface area contributed by atoms with Gasteiger partial charge in [0.25, 0.3) is 0 Å². The summed E-state index contributed by atoms with van der Waals surface area (Å²) in [4.78, 5) is 0. The second kappa shape index (κ2) is 6.21. The Balaban J connectivity index is 1.84. The van der Waals surface area contributed by atoms with Gasteiger partial charge in [0.1, 0.15) is 5.82 Å². The number of hydrogen-bond donors (Lipinski definition) is 2. The maximum Gasteiger partial charge on any atom is 0.141 e. The Hall–Kier alpha value is -0.640. The van der Waals surface area contributed by atoms with Gasteiger partial charge in [-0.15, -0.1) is 0 Å². The predicted octanol–water partition coefficient (Wildman–Crippen LogP) is 3.51. The molecule has 2 nitrogen and oxygen atoms in total. The van der Waals surface area contributed by atoms with Crippen LogP contribution in [0.5, 0.6) is 0 Å². The second-order valence-electron chi connectivity index (χ2n) is 5.78. The normalized spacial score (nSPS) is 27.5. The minimum Gasteiger partial charge on any atom is -0.389 e. The smallest absolute Gasteiger partial charge is 0.141 e. The zero-order valence-electron chi connectivity index (χ0n) is 11.3. The van der Waals surface area contributed by atoms with E-state index in [9.17, 15) is 9.50 Å². The molecule has 0 aliphatic heterocycles. The van der Waals surface area contributed by atoms with Crippen LogP contribution >= 0.6 is 11.6 Å². The van der Waals surface area contributed by atoms with Gasteiger partial charge in [-0.3, -0.25) is 0 Å². The van der Waals surface area contributed by atoms with Crippen molar-refractivity contribution in [3.63, 3.8) is 0 Å². The number of nitrogens with one attached hydrogen (secondary N) is 1. The average molecular weight is 286 g/mol. The molecule has 1 aliphatic rings. The molecule has 2 N–H and O–H groups in total. The Morgan fingerprint density at radius 3 is 3.00 bits per heavy atom. The van der Waals surface area contributed by atoms with Gasteiger partial charge in [-0.05, 0) is 36.5 Å². The van der Waals surface area contributed by atoms with Crippen molar-refractivity contribution in [2.24, 2.45) is 5.92 Å². The molecule has 4 heteroatoms. The quantitative estimate of drug-likeness (QED) is 0.887. The van der Waals surface area contributed by atoms with E-state index in [1.807, 2.05) is 0 Å². The zero-order valence-corrected chi connectivity index (χ0v) is 12.0. The lowest BCUT2D eigenvalue weighted by Crippen LogP contribution is -2.43. The summed E-state index contributed by atoms with van der Waals surface area (Å²) in [6, 6.07) is 4.70. The fourth-order valence-corrected chi connectivity index (χ4v) is 3.09. The van der Waals surface area contributed by atoms with E-state index in [0.29, 0.717) is 19.0 Å². The Bertz CT molecular complexity index is 440. The van der Waals surface area contributed by atoms with Gasteiger partial charge in [-0.2, -0.15) is 0 Å². The first-order chi connectivity index (χ1) is 8.98. The van der Waals surface area contributed by atoms with Crippen LogP contribution in [0.25, 0.3) is 0 Å². The van der Waals surface area contributed by atoms with E-state index in [2.05, 4.69) is 12.2 Å². The molecule has 0 amide bonds. The summed E-state index contributed by atoms with van der Waals surface area (Å²) in [6.07, 6.45) is 4.00. The summed E-state index contributed by atoms with van der Waals surface area (Å²) >= 11 is 5.74. The van der Waals surface area contributed by atoms with Crippen LogP contribution < -0.4 is 5.32 Å². The van der Waals surface area contributed by atoms with Gasteiger partial charge in [-0.25, -0.2) is 4.39 Å². The highest BCUT2D eigenvalue weighted by Gasteiger charge is 2.31. The third-order valence-corrected chi connectivity index (χ3v) is 4.12. The maximum atomic E-state index is 13.0. The summed E-state index contributed by atoms with van der Waals surface area (Å²) in [6.45, 7) is 3.35. The summed E-state index contributed by atoms with van der Waals surface area (Å²) in [5, 5.41) is 13.9. The lowest BCUT2D eigenvalue weighted by Gasteiger charge is -2.35. The van der Waals surface area contributed by atoms with E-state index in [-0.39, 0.29) is 5.02 Å². The largest absolute Gasteiger partial charge is 0.389 e. The van der Waals surface area contributed by atoms with Crippen LogP contribution in [-0.2, 0) is 6.54 Å². The Kier molecular flexibility index (Phi) is 4.82. The Morgan fingerprint density at radius 2 is 2.32 bits per heavy atom. The van der Waals surface area contributed by atoms with Crippen molar-refractivity contribution in [3.05, 3.63) is 34.6 Å². The van der Waals surface area contributed by atoms with Crippen molar-refractivity contribution in [1.82, 2.24) is 5.32 Å². The first kappa shape index (κ1) is 14.8. The SMILES string of the molecule is CC1CCCC(O)(CNCc2ccc(F)c(Cl)c2)C1. The highest BCUT2D eigenvalue weighted by Crippen LogP contribution is 2.31. The molecular formula is C15H21ClFNO. The molecule has 2 unspecified atom stereocenters. The fraction of sp³-hybridized carbons (Fsp3) is 0.600. The number of rotatable bonds is 4. The standard InChI is InChI=1S/C15H21ClFNO/c1-11-3-2-6-15(19,8-11)10-18-9-12-4-5-14(17)13(16)7-12/h4-5,7,11,18-19H,2-3,6,8-10H2,1H3. The minimum absolute atomic E-state index is 0.143. The van der Waals surface area contributed by atoms with E-state index in [1.54, 1.807) is 12.1 Å². The Morgan fingerprint density at radius 1 is 1.53 bits per heavy atom. The van der Waals surface area contributed by atoms with Crippen molar-refractivity contribution in [1.29, 1.82) is 0 Å². The molecule has 106 valence electrons. The van der Waals surface area contributed by atoms with Crippen LogP contribution in [0.15, 0.2) is 18.2 Å². The lowest BCUT2D eigenvalue weighted by atomic mass is 9.79. The van der Waals surface area contributed by atoms with Crippen LogP contribution in [0.3, 0.4) is 0 Å². The molecule has 0 radical (unpaired) electrons. The molecular weight excluding hydrogens is 265 g/mol. The first-order valence-electron chi connectivity index (χ1n) is 6.85. The fourth-order valence-electron chi connectivity index (χ4n) is 2.88. The van der Waals surface area contributed by atoms with Gasteiger partial charge in [0.15, 0.2) is 0 Å². The van der Waals surface area contributed by atoms with Gasteiger partial charge in [-0.1, -0.05) is 37.4 Å². The van der Waals surface area contributed by atoms with Crippen LogP contribution in [0, 0.1) is 11.7 Å². The predicted molar refractivity (Wildman–Crippen MR) is 75.7 cm³/mol. The maximum absolute atomic E-state index is 13.0. The number of aliphatic hydroxyl groups is 1.